The van der Waals surface area contributed by atoms with Crippen LogP contribution in [0.3, 0.4) is 0 Å². The van der Waals surface area contributed by atoms with Gasteiger partial charge in [-0.25, -0.2) is 0 Å². The first-order chi connectivity index (χ1) is 7.17. The Kier molecular flexibility index (Phi) is 5.42. The molecule has 16 heavy (non-hydrogen) atoms. The summed E-state index contributed by atoms with van der Waals surface area (Å²) < 4.78 is 5.14. The zero-order valence-corrected chi connectivity index (χ0v) is 11.4. The maximum atomic E-state index is 12.0. The molecule has 0 spiro atoms. The Bertz CT molecular complexity index is 239. The lowest BCUT2D eigenvalue weighted by molar-refractivity contribution is -0.141. The van der Waals surface area contributed by atoms with Crippen molar-refractivity contribution < 1.29 is 9.53 Å². The monoisotopic (exact) mass is 230 g/mol. The van der Waals surface area contributed by atoms with Crippen LogP contribution in [-0.4, -0.2) is 30.7 Å². The second-order valence-corrected chi connectivity index (χ2v) is 5.53. The van der Waals surface area contributed by atoms with Crippen LogP contribution < -0.4 is 11.1 Å². The third-order valence-corrected chi connectivity index (χ3v) is 2.78. The van der Waals surface area contributed by atoms with Gasteiger partial charge >= 0.3 is 0 Å². The first-order valence-electron chi connectivity index (χ1n) is 5.74. The quantitative estimate of drug-likeness (QED) is 0.722. The molecule has 0 aromatic heterocycles. The lowest BCUT2D eigenvalue weighted by atomic mass is 9.90. The number of methoxy groups -OCH3 is 1. The van der Waals surface area contributed by atoms with Gasteiger partial charge in [-0.2, -0.15) is 0 Å². The fraction of sp³-hybridized carbons (Fsp3) is 0.917. The highest BCUT2D eigenvalue weighted by Gasteiger charge is 2.33. The molecule has 4 nitrogen and oxygen atoms in total. The predicted octanol–water partition coefficient (Wildman–Crippen LogP) is 1.29. The fourth-order valence-corrected chi connectivity index (χ4v) is 1.60. The Morgan fingerprint density at radius 2 is 1.88 bits per heavy atom. The summed E-state index contributed by atoms with van der Waals surface area (Å²) in [4.78, 5) is 12.0. The largest absolute Gasteiger partial charge is 0.369 e. The second-order valence-electron chi connectivity index (χ2n) is 5.53. The highest BCUT2D eigenvalue weighted by atomic mass is 16.5. The SMILES string of the molecule is COC(C)(C)C(=O)NC(C)(CN)CC(C)C. The molecule has 4 heteroatoms. The van der Waals surface area contributed by atoms with Crippen molar-refractivity contribution in [2.75, 3.05) is 13.7 Å². The molecule has 1 unspecified atom stereocenters. The van der Waals surface area contributed by atoms with Gasteiger partial charge in [-0.15, -0.1) is 0 Å². The molecule has 0 aromatic carbocycles. The van der Waals surface area contributed by atoms with Crippen molar-refractivity contribution in [2.45, 2.75) is 52.2 Å². The number of carbonyl (C=O) groups excluding carboxylic acids is 1. The molecule has 0 aromatic rings. The molecule has 0 fully saturated rings. The predicted molar refractivity (Wildman–Crippen MR) is 66.1 cm³/mol. The summed E-state index contributed by atoms with van der Waals surface area (Å²) in [6.45, 7) is 10.1. The van der Waals surface area contributed by atoms with Gasteiger partial charge in [0.15, 0.2) is 0 Å². The van der Waals surface area contributed by atoms with E-state index in [0.717, 1.165) is 6.42 Å². The van der Waals surface area contributed by atoms with Crippen molar-refractivity contribution in [1.29, 1.82) is 0 Å². The van der Waals surface area contributed by atoms with E-state index in [0.29, 0.717) is 12.5 Å². The lowest BCUT2D eigenvalue weighted by Gasteiger charge is -2.34. The number of nitrogens with two attached hydrogens (primary N) is 1. The van der Waals surface area contributed by atoms with E-state index in [9.17, 15) is 4.79 Å². The molecule has 0 aliphatic carbocycles. The standard InChI is InChI=1S/C12H26N2O2/c1-9(2)7-12(5,8-13)14-10(15)11(3,4)16-6/h9H,7-8,13H2,1-6H3,(H,14,15). The van der Waals surface area contributed by atoms with E-state index in [1.54, 1.807) is 13.8 Å². The number of nitrogens with one attached hydrogen (secondary N) is 1. The maximum Gasteiger partial charge on any atom is 0.252 e. The summed E-state index contributed by atoms with van der Waals surface area (Å²) in [5.74, 6) is 0.364. The zero-order chi connectivity index (χ0) is 13.0. The number of hydrogen-bond acceptors (Lipinski definition) is 3. The normalized spacial score (nSPS) is 16.0. The van der Waals surface area contributed by atoms with Crippen molar-refractivity contribution >= 4 is 5.91 Å². The van der Waals surface area contributed by atoms with Gasteiger partial charge in [-0.05, 0) is 33.1 Å². The fourth-order valence-electron chi connectivity index (χ4n) is 1.60. The van der Waals surface area contributed by atoms with Crippen LogP contribution in [0, 0.1) is 5.92 Å². The highest BCUT2D eigenvalue weighted by Crippen LogP contribution is 2.17. The molecule has 1 atom stereocenters. The third kappa shape index (κ3) is 4.49. The zero-order valence-electron chi connectivity index (χ0n) is 11.4. The molecule has 0 bridgehead atoms. The van der Waals surface area contributed by atoms with Gasteiger partial charge in [0.25, 0.3) is 5.91 Å². The Morgan fingerprint density at radius 3 is 2.19 bits per heavy atom. The van der Waals surface area contributed by atoms with E-state index in [4.69, 9.17) is 10.5 Å². The molecule has 96 valence electrons. The molecule has 1 amide bonds. The minimum absolute atomic E-state index is 0.122. The Labute approximate surface area is 98.9 Å². The Hall–Kier alpha value is -0.610. The van der Waals surface area contributed by atoms with Gasteiger partial charge in [0.1, 0.15) is 5.60 Å². The number of carbonyl (C=O) groups is 1. The van der Waals surface area contributed by atoms with Gasteiger partial charge in [-0.3, -0.25) is 4.79 Å². The summed E-state index contributed by atoms with van der Waals surface area (Å²) >= 11 is 0. The average Bonchev–Trinajstić information content (AvgIpc) is 2.16. The van der Waals surface area contributed by atoms with Crippen molar-refractivity contribution in [3.05, 3.63) is 0 Å². The Balaban J connectivity index is 4.60. The van der Waals surface area contributed by atoms with E-state index in [2.05, 4.69) is 19.2 Å². The molecule has 0 heterocycles. The lowest BCUT2D eigenvalue weighted by Crippen LogP contribution is -2.57. The van der Waals surface area contributed by atoms with Crippen LogP contribution in [0.2, 0.25) is 0 Å². The molecule has 3 N–H and O–H groups in total. The molecule has 0 radical (unpaired) electrons. The molecule has 0 rings (SSSR count). The van der Waals surface area contributed by atoms with Crippen LogP contribution in [-0.2, 0) is 9.53 Å². The summed E-state index contributed by atoms with van der Waals surface area (Å²) in [6.07, 6.45) is 0.856. The van der Waals surface area contributed by atoms with Gasteiger partial charge in [0.2, 0.25) is 0 Å². The number of amides is 1. The second kappa shape index (κ2) is 5.64. The minimum Gasteiger partial charge on any atom is -0.369 e. The maximum absolute atomic E-state index is 12.0. The third-order valence-electron chi connectivity index (χ3n) is 2.78. The van der Waals surface area contributed by atoms with E-state index >= 15 is 0 Å². The van der Waals surface area contributed by atoms with Crippen molar-refractivity contribution in [3.8, 4) is 0 Å². The summed E-state index contributed by atoms with van der Waals surface area (Å²) in [7, 11) is 1.53. The van der Waals surface area contributed by atoms with Crippen LogP contribution >= 0.6 is 0 Å². The Morgan fingerprint density at radius 1 is 1.38 bits per heavy atom. The number of ether oxygens (including phenoxy) is 1. The van der Waals surface area contributed by atoms with Crippen LogP contribution in [0.5, 0.6) is 0 Å². The van der Waals surface area contributed by atoms with Crippen LogP contribution in [0.15, 0.2) is 0 Å². The van der Waals surface area contributed by atoms with E-state index in [-0.39, 0.29) is 11.4 Å². The van der Waals surface area contributed by atoms with Gasteiger partial charge in [-0.1, -0.05) is 13.8 Å². The van der Waals surface area contributed by atoms with Crippen molar-refractivity contribution in [3.63, 3.8) is 0 Å². The van der Waals surface area contributed by atoms with Gasteiger partial charge in [0, 0.05) is 19.2 Å². The molecular weight excluding hydrogens is 204 g/mol. The molecule has 0 aliphatic heterocycles. The van der Waals surface area contributed by atoms with Crippen LogP contribution in [0.1, 0.15) is 41.0 Å². The molecular formula is C12H26N2O2. The molecule has 0 saturated carbocycles. The summed E-state index contributed by atoms with van der Waals surface area (Å²) in [6, 6.07) is 0. The minimum atomic E-state index is -0.812. The number of rotatable bonds is 6. The van der Waals surface area contributed by atoms with Gasteiger partial charge < -0.3 is 15.8 Å². The van der Waals surface area contributed by atoms with Crippen molar-refractivity contribution in [2.24, 2.45) is 11.7 Å². The summed E-state index contributed by atoms with van der Waals surface area (Å²) in [5.41, 5.74) is 4.56. The topological polar surface area (TPSA) is 64.3 Å². The van der Waals surface area contributed by atoms with Crippen LogP contribution in [0.4, 0.5) is 0 Å². The van der Waals surface area contributed by atoms with E-state index in [1.807, 2.05) is 6.92 Å². The van der Waals surface area contributed by atoms with Crippen LogP contribution in [0.25, 0.3) is 0 Å². The average molecular weight is 230 g/mol. The van der Waals surface area contributed by atoms with E-state index < -0.39 is 5.60 Å². The smallest absolute Gasteiger partial charge is 0.252 e. The van der Waals surface area contributed by atoms with Crippen molar-refractivity contribution in [1.82, 2.24) is 5.32 Å². The molecule has 0 aliphatic rings. The first-order valence-corrected chi connectivity index (χ1v) is 5.74. The van der Waals surface area contributed by atoms with Gasteiger partial charge in [0.05, 0.1) is 0 Å². The summed E-state index contributed by atoms with van der Waals surface area (Å²) in [5, 5.41) is 2.98. The van der Waals surface area contributed by atoms with E-state index in [1.165, 1.54) is 7.11 Å². The molecule has 0 saturated heterocycles. The first kappa shape index (κ1) is 15.4. The highest BCUT2D eigenvalue weighted by molar-refractivity contribution is 5.84. The number of hydrogen-bond donors (Lipinski definition) is 2.